The van der Waals surface area contributed by atoms with Crippen LogP contribution in [0.1, 0.15) is 20.8 Å². The molecule has 2 aromatic rings. The van der Waals surface area contributed by atoms with Crippen LogP contribution in [0.4, 0.5) is 0 Å². The Morgan fingerprint density at radius 3 is 1.68 bits per heavy atom. The van der Waals surface area contributed by atoms with Crippen LogP contribution in [0.15, 0.2) is 54.6 Å². The fraction of sp³-hybridized carbons (Fsp3) is 0.235. The number of hydrogen-bond acceptors (Lipinski definition) is 2. The average Bonchev–Trinajstić information content (AvgIpc) is 2.51. The molecule has 2 nitrogen and oxygen atoms in total. The van der Waals surface area contributed by atoms with Crippen LogP contribution in [0.2, 0.25) is 0 Å². The van der Waals surface area contributed by atoms with Crippen LogP contribution < -0.4 is 4.74 Å². The number of rotatable bonds is 2. The maximum absolute atomic E-state index is 8.81. The Morgan fingerprint density at radius 2 is 1.26 bits per heavy atom. The average molecular weight is 258 g/mol. The van der Waals surface area contributed by atoms with Crippen molar-refractivity contribution in [2.75, 3.05) is 7.11 Å². The van der Waals surface area contributed by atoms with Crippen molar-refractivity contribution >= 4 is 6.29 Å². The summed E-state index contributed by atoms with van der Waals surface area (Å²) >= 11 is 0. The second-order valence-electron chi connectivity index (χ2n) is 3.33. The first-order valence-electron chi connectivity index (χ1n) is 6.41. The van der Waals surface area contributed by atoms with E-state index in [4.69, 9.17) is 9.53 Å². The first kappa shape index (κ1) is 16.9. The Hall–Kier alpha value is -2.09. The normalized spacial score (nSPS) is 8.21. The quantitative estimate of drug-likeness (QED) is 0.736. The summed E-state index contributed by atoms with van der Waals surface area (Å²) in [6.07, 6.45) is 0.750. The molecule has 0 aromatic heterocycles. The molecular weight excluding hydrogens is 236 g/mol. The van der Waals surface area contributed by atoms with Gasteiger partial charge in [-0.05, 0) is 30.2 Å². The van der Waals surface area contributed by atoms with Gasteiger partial charge in [-0.2, -0.15) is 0 Å². The van der Waals surface area contributed by atoms with Crippen LogP contribution in [-0.4, -0.2) is 13.4 Å². The van der Waals surface area contributed by atoms with Gasteiger partial charge in [0.15, 0.2) is 0 Å². The maximum atomic E-state index is 8.81. The number of carbonyl (C=O) groups is 1. The molecule has 102 valence electrons. The van der Waals surface area contributed by atoms with E-state index in [-0.39, 0.29) is 0 Å². The zero-order valence-corrected chi connectivity index (χ0v) is 12.1. The maximum Gasteiger partial charge on any atom is 0.118 e. The minimum Gasteiger partial charge on any atom is -0.497 e. The Kier molecular flexibility index (Phi) is 9.81. The Balaban J connectivity index is 0.000000573. The first-order valence-corrected chi connectivity index (χ1v) is 6.41. The topological polar surface area (TPSA) is 26.3 Å². The van der Waals surface area contributed by atoms with Gasteiger partial charge in [0.25, 0.3) is 0 Å². The zero-order valence-electron chi connectivity index (χ0n) is 12.1. The highest BCUT2D eigenvalue weighted by atomic mass is 16.5. The van der Waals surface area contributed by atoms with E-state index >= 15 is 0 Å². The number of hydrogen-bond donors (Lipinski definition) is 0. The van der Waals surface area contributed by atoms with E-state index in [9.17, 15) is 0 Å². The number of carbonyl (C=O) groups excluding carboxylic acids is 1. The van der Waals surface area contributed by atoms with Gasteiger partial charge < -0.3 is 9.53 Å². The van der Waals surface area contributed by atoms with E-state index in [1.54, 1.807) is 7.11 Å². The third-order valence-electron chi connectivity index (χ3n) is 2.20. The highest BCUT2D eigenvalue weighted by molar-refractivity contribution is 5.63. The van der Waals surface area contributed by atoms with Crippen LogP contribution in [-0.2, 0) is 4.79 Å². The summed E-state index contributed by atoms with van der Waals surface area (Å²) in [5.74, 6) is 0.893. The van der Waals surface area contributed by atoms with Crippen LogP contribution >= 0.6 is 0 Å². The summed E-state index contributed by atoms with van der Waals surface area (Å²) in [5.41, 5.74) is 2.45. The van der Waals surface area contributed by atoms with Crippen molar-refractivity contribution in [2.45, 2.75) is 20.8 Å². The summed E-state index contributed by atoms with van der Waals surface area (Å²) < 4.78 is 5.11. The second kappa shape index (κ2) is 11.0. The molecule has 0 spiro atoms. The largest absolute Gasteiger partial charge is 0.497 e. The summed E-state index contributed by atoms with van der Waals surface area (Å²) in [7, 11) is 1.68. The van der Waals surface area contributed by atoms with Crippen LogP contribution in [0.3, 0.4) is 0 Å². The van der Waals surface area contributed by atoms with E-state index in [0.29, 0.717) is 0 Å². The molecule has 0 fully saturated rings. The van der Waals surface area contributed by atoms with Gasteiger partial charge in [-0.1, -0.05) is 56.3 Å². The molecule has 2 rings (SSSR count). The van der Waals surface area contributed by atoms with Crippen molar-refractivity contribution in [1.82, 2.24) is 0 Å². The molecule has 0 aliphatic carbocycles. The monoisotopic (exact) mass is 258 g/mol. The SMILES string of the molecule is CC.CC=O.COc1ccc(-c2ccccc2)cc1. The molecule has 0 radical (unpaired) electrons. The third kappa shape index (κ3) is 6.41. The van der Waals surface area contributed by atoms with E-state index in [2.05, 4.69) is 24.3 Å². The molecule has 2 aromatic carbocycles. The summed E-state index contributed by atoms with van der Waals surface area (Å²) in [4.78, 5) is 8.81. The first-order chi connectivity index (χ1) is 9.31. The van der Waals surface area contributed by atoms with Crippen molar-refractivity contribution in [3.63, 3.8) is 0 Å². The van der Waals surface area contributed by atoms with Gasteiger partial charge in [-0.25, -0.2) is 0 Å². The van der Waals surface area contributed by atoms with Crippen molar-refractivity contribution in [2.24, 2.45) is 0 Å². The molecule has 19 heavy (non-hydrogen) atoms. The van der Waals surface area contributed by atoms with Gasteiger partial charge in [0, 0.05) is 0 Å². The predicted octanol–water partition coefficient (Wildman–Crippen LogP) is 4.59. The Morgan fingerprint density at radius 1 is 0.842 bits per heavy atom. The van der Waals surface area contributed by atoms with Gasteiger partial charge in [0.2, 0.25) is 0 Å². The van der Waals surface area contributed by atoms with E-state index in [1.807, 2.05) is 44.2 Å². The van der Waals surface area contributed by atoms with E-state index < -0.39 is 0 Å². The van der Waals surface area contributed by atoms with Crippen molar-refractivity contribution in [3.8, 4) is 16.9 Å². The predicted molar refractivity (Wildman–Crippen MR) is 81.5 cm³/mol. The molecule has 0 atom stereocenters. The fourth-order valence-corrected chi connectivity index (χ4v) is 1.41. The molecule has 0 aliphatic heterocycles. The highest BCUT2D eigenvalue weighted by Crippen LogP contribution is 2.21. The molecule has 0 saturated carbocycles. The third-order valence-corrected chi connectivity index (χ3v) is 2.20. The second-order valence-corrected chi connectivity index (χ2v) is 3.33. The lowest BCUT2D eigenvalue weighted by molar-refractivity contribution is -0.106. The zero-order chi connectivity index (χ0) is 14.5. The minimum absolute atomic E-state index is 0.750. The number of benzene rings is 2. The number of aldehydes is 1. The molecular formula is C17H22O2. The molecule has 0 bridgehead atoms. The van der Waals surface area contributed by atoms with Crippen LogP contribution in [0.5, 0.6) is 5.75 Å². The molecule has 0 N–H and O–H groups in total. The van der Waals surface area contributed by atoms with E-state index in [1.165, 1.54) is 18.1 Å². The molecule has 0 saturated heterocycles. The van der Waals surface area contributed by atoms with Crippen molar-refractivity contribution in [1.29, 1.82) is 0 Å². The smallest absolute Gasteiger partial charge is 0.118 e. The molecule has 0 unspecified atom stereocenters. The highest BCUT2D eigenvalue weighted by Gasteiger charge is 1.95. The van der Waals surface area contributed by atoms with Crippen LogP contribution in [0.25, 0.3) is 11.1 Å². The van der Waals surface area contributed by atoms with Crippen molar-refractivity contribution < 1.29 is 9.53 Å². The van der Waals surface area contributed by atoms with Gasteiger partial charge in [0.05, 0.1) is 7.11 Å². The Labute approximate surface area is 116 Å². The lowest BCUT2D eigenvalue weighted by Crippen LogP contribution is -1.82. The molecule has 0 heterocycles. The summed E-state index contributed by atoms with van der Waals surface area (Å²) in [5, 5.41) is 0. The fourth-order valence-electron chi connectivity index (χ4n) is 1.41. The minimum atomic E-state index is 0.750. The summed E-state index contributed by atoms with van der Waals surface area (Å²) in [6, 6.07) is 18.4. The molecule has 0 aliphatic rings. The van der Waals surface area contributed by atoms with Gasteiger partial charge in [0.1, 0.15) is 12.0 Å². The Bertz CT molecular complexity index is 433. The van der Waals surface area contributed by atoms with Gasteiger partial charge in [-0.3, -0.25) is 0 Å². The van der Waals surface area contributed by atoms with Gasteiger partial charge in [-0.15, -0.1) is 0 Å². The number of ether oxygens (including phenoxy) is 1. The van der Waals surface area contributed by atoms with E-state index in [0.717, 1.165) is 12.0 Å². The molecule has 2 heteroatoms. The van der Waals surface area contributed by atoms with Crippen molar-refractivity contribution in [3.05, 3.63) is 54.6 Å². The lowest BCUT2D eigenvalue weighted by atomic mass is 10.1. The van der Waals surface area contributed by atoms with Gasteiger partial charge >= 0.3 is 0 Å². The summed E-state index contributed by atoms with van der Waals surface area (Å²) in [6.45, 7) is 5.44. The lowest BCUT2D eigenvalue weighted by Gasteiger charge is -2.02. The standard InChI is InChI=1S/C13H12O.C2H4O.C2H6/c1-14-13-9-7-12(8-10-13)11-5-3-2-4-6-11;1-2-3;1-2/h2-10H,1H3;2H,1H3;1-2H3. The van der Waals surface area contributed by atoms with Crippen LogP contribution in [0, 0.1) is 0 Å². The number of methoxy groups -OCH3 is 1. The molecule has 0 amide bonds.